The average molecular weight is 493 g/mol. The molecule has 1 atom stereocenters. The monoisotopic (exact) mass is 492 g/mol. The van der Waals surface area contributed by atoms with E-state index in [2.05, 4.69) is 5.32 Å². The van der Waals surface area contributed by atoms with Crippen LogP contribution in [-0.2, 0) is 14.8 Å². The van der Waals surface area contributed by atoms with Crippen molar-refractivity contribution in [1.29, 1.82) is 0 Å². The first kappa shape index (κ1) is 24.3. The molecular weight excluding hydrogens is 474 g/mol. The molecule has 1 amide bonds. The zero-order chi connectivity index (χ0) is 24.3. The molecule has 0 saturated heterocycles. The fraction of sp³-hybridized carbons (Fsp3) is 0.130. The van der Waals surface area contributed by atoms with Crippen LogP contribution in [0.4, 0.5) is 20.2 Å². The summed E-state index contributed by atoms with van der Waals surface area (Å²) in [5, 5.41) is 2.81. The number of carbonyl (C=O) groups is 2. The number of sulfonamides is 1. The Hall–Kier alpha value is -3.30. The van der Waals surface area contributed by atoms with Crippen molar-refractivity contribution >= 4 is 44.7 Å². The average Bonchev–Trinajstić information content (AvgIpc) is 2.76. The van der Waals surface area contributed by atoms with Gasteiger partial charge in [0.25, 0.3) is 0 Å². The van der Waals surface area contributed by atoms with Gasteiger partial charge in [-0.05, 0) is 37.3 Å². The van der Waals surface area contributed by atoms with Gasteiger partial charge in [-0.15, -0.1) is 0 Å². The van der Waals surface area contributed by atoms with Crippen molar-refractivity contribution in [2.75, 3.05) is 15.9 Å². The van der Waals surface area contributed by atoms with Crippen LogP contribution in [0.15, 0.2) is 66.7 Å². The second-order valence-corrected chi connectivity index (χ2v) is 9.50. The summed E-state index contributed by atoms with van der Waals surface area (Å²) in [6, 6.07) is 13.7. The third-order valence-electron chi connectivity index (χ3n) is 4.77. The molecule has 10 heteroatoms. The van der Waals surface area contributed by atoms with E-state index >= 15 is 0 Å². The van der Waals surface area contributed by atoms with Crippen LogP contribution in [0.25, 0.3) is 0 Å². The highest BCUT2D eigenvalue weighted by Gasteiger charge is 2.30. The highest BCUT2D eigenvalue weighted by molar-refractivity contribution is 7.92. The normalized spacial score (nSPS) is 12.2. The molecule has 0 unspecified atom stereocenters. The van der Waals surface area contributed by atoms with Gasteiger partial charge in [-0.25, -0.2) is 17.2 Å². The molecule has 1 N–H and O–H groups in total. The predicted molar refractivity (Wildman–Crippen MR) is 123 cm³/mol. The predicted octanol–water partition coefficient (Wildman–Crippen LogP) is 4.64. The zero-order valence-electron chi connectivity index (χ0n) is 17.6. The molecule has 172 valence electrons. The van der Waals surface area contributed by atoms with Gasteiger partial charge in [0.15, 0.2) is 17.4 Å². The van der Waals surface area contributed by atoms with Gasteiger partial charge in [0.2, 0.25) is 15.9 Å². The van der Waals surface area contributed by atoms with Crippen LogP contribution in [0.1, 0.15) is 22.8 Å². The fourth-order valence-electron chi connectivity index (χ4n) is 3.23. The summed E-state index contributed by atoms with van der Waals surface area (Å²) in [6.07, 6.45) is 0.838. The first-order valence-electron chi connectivity index (χ1n) is 9.63. The Morgan fingerprint density at radius 3 is 2.24 bits per heavy atom. The SMILES string of the molecule is C[C@H](C(=O)Nc1ccc(Cl)cc1C(=O)c1ccccc1)N(c1ccc(F)c(F)c1)S(C)(=O)=O. The van der Waals surface area contributed by atoms with Crippen molar-refractivity contribution in [3.05, 3.63) is 94.5 Å². The molecule has 3 aromatic rings. The van der Waals surface area contributed by atoms with Crippen LogP contribution in [0, 0.1) is 11.6 Å². The summed E-state index contributed by atoms with van der Waals surface area (Å²) in [5.74, 6) is -3.62. The molecular formula is C23H19ClF2N2O4S. The summed E-state index contributed by atoms with van der Waals surface area (Å²) in [7, 11) is -4.06. The molecule has 0 bridgehead atoms. The smallest absolute Gasteiger partial charge is 0.248 e. The van der Waals surface area contributed by atoms with Gasteiger partial charge in [-0.3, -0.25) is 13.9 Å². The standard InChI is InChI=1S/C23H19ClF2N2O4S/c1-14(28(33(2,31)32)17-9-10-19(25)20(26)13-17)23(30)27-21-11-8-16(24)12-18(21)22(29)15-6-4-3-5-7-15/h3-14H,1-2H3,(H,27,30)/t14-/m1/s1. The number of hydrogen-bond acceptors (Lipinski definition) is 4. The molecule has 0 radical (unpaired) electrons. The van der Waals surface area contributed by atoms with Crippen LogP contribution in [0.3, 0.4) is 0 Å². The van der Waals surface area contributed by atoms with E-state index in [0.29, 0.717) is 15.9 Å². The van der Waals surface area contributed by atoms with Crippen molar-refractivity contribution < 1.29 is 26.8 Å². The molecule has 0 spiro atoms. The number of benzene rings is 3. The Labute approximate surface area is 194 Å². The van der Waals surface area contributed by atoms with E-state index in [1.54, 1.807) is 30.3 Å². The number of nitrogens with zero attached hydrogens (tertiary/aromatic N) is 1. The van der Waals surface area contributed by atoms with Crippen molar-refractivity contribution in [3.63, 3.8) is 0 Å². The maximum atomic E-state index is 13.7. The summed E-state index contributed by atoms with van der Waals surface area (Å²) in [5.41, 5.74) is 0.357. The topological polar surface area (TPSA) is 83.6 Å². The lowest BCUT2D eigenvalue weighted by Gasteiger charge is -2.28. The number of amides is 1. The Kier molecular flexibility index (Phi) is 7.14. The molecule has 0 saturated carbocycles. The lowest BCUT2D eigenvalue weighted by atomic mass is 10.0. The summed E-state index contributed by atoms with van der Waals surface area (Å²) in [6.45, 7) is 1.28. The molecule has 0 fully saturated rings. The number of anilines is 2. The molecule has 0 aliphatic heterocycles. The zero-order valence-corrected chi connectivity index (χ0v) is 19.1. The minimum atomic E-state index is -4.06. The van der Waals surface area contributed by atoms with Gasteiger partial charge in [0.1, 0.15) is 6.04 Å². The van der Waals surface area contributed by atoms with Gasteiger partial charge in [0.05, 0.1) is 17.6 Å². The number of ketones is 1. The van der Waals surface area contributed by atoms with E-state index in [1.165, 1.54) is 25.1 Å². The van der Waals surface area contributed by atoms with E-state index in [0.717, 1.165) is 18.4 Å². The number of halogens is 3. The molecule has 3 aromatic carbocycles. The van der Waals surface area contributed by atoms with Crippen molar-refractivity contribution in [3.8, 4) is 0 Å². The van der Waals surface area contributed by atoms with Crippen LogP contribution in [0.2, 0.25) is 5.02 Å². The third kappa shape index (κ3) is 5.55. The van der Waals surface area contributed by atoms with Crippen LogP contribution in [0.5, 0.6) is 0 Å². The molecule has 0 aliphatic carbocycles. The minimum Gasteiger partial charge on any atom is -0.324 e. The van der Waals surface area contributed by atoms with Crippen LogP contribution < -0.4 is 9.62 Å². The van der Waals surface area contributed by atoms with E-state index in [9.17, 15) is 26.8 Å². The first-order valence-corrected chi connectivity index (χ1v) is 11.9. The maximum absolute atomic E-state index is 13.7. The van der Waals surface area contributed by atoms with Gasteiger partial charge in [0, 0.05) is 22.2 Å². The molecule has 3 rings (SSSR count). The number of nitrogens with one attached hydrogen (secondary N) is 1. The largest absolute Gasteiger partial charge is 0.324 e. The van der Waals surface area contributed by atoms with Crippen molar-refractivity contribution in [2.45, 2.75) is 13.0 Å². The second-order valence-electron chi connectivity index (χ2n) is 7.21. The number of carbonyl (C=O) groups excluding carboxylic acids is 2. The molecule has 33 heavy (non-hydrogen) atoms. The van der Waals surface area contributed by atoms with Gasteiger partial charge < -0.3 is 5.32 Å². The lowest BCUT2D eigenvalue weighted by Crippen LogP contribution is -2.45. The van der Waals surface area contributed by atoms with E-state index in [4.69, 9.17) is 11.6 Å². The summed E-state index contributed by atoms with van der Waals surface area (Å²) < 4.78 is 52.5. The summed E-state index contributed by atoms with van der Waals surface area (Å²) >= 11 is 6.05. The Bertz CT molecular complexity index is 1320. The van der Waals surface area contributed by atoms with E-state index < -0.39 is 39.4 Å². The Balaban J connectivity index is 1.95. The van der Waals surface area contributed by atoms with Crippen molar-refractivity contribution in [1.82, 2.24) is 0 Å². The highest BCUT2D eigenvalue weighted by atomic mass is 35.5. The Morgan fingerprint density at radius 2 is 1.64 bits per heavy atom. The van der Waals surface area contributed by atoms with E-state index in [-0.39, 0.29) is 22.0 Å². The van der Waals surface area contributed by atoms with Crippen LogP contribution >= 0.6 is 11.6 Å². The maximum Gasteiger partial charge on any atom is 0.248 e. The van der Waals surface area contributed by atoms with Gasteiger partial charge in [-0.2, -0.15) is 0 Å². The fourth-order valence-corrected chi connectivity index (χ4v) is 4.57. The number of rotatable bonds is 7. The quantitative estimate of drug-likeness (QED) is 0.487. The van der Waals surface area contributed by atoms with Crippen molar-refractivity contribution in [2.24, 2.45) is 0 Å². The first-order chi connectivity index (χ1) is 15.5. The second kappa shape index (κ2) is 9.68. The molecule has 0 heterocycles. The number of hydrogen-bond donors (Lipinski definition) is 1. The van der Waals surface area contributed by atoms with Gasteiger partial charge >= 0.3 is 0 Å². The van der Waals surface area contributed by atoms with Gasteiger partial charge in [-0.1, -0.05) is 41.9 Å². The molecule has 0 aliphatic rings. The Morgan fingerprint density at radius 1 is 0.970 bits per heavy atom. The van der Waals surface area contributed by atoms with E-state index in [1.807, 2.05) is 0 Å². The summed E-state index contributed by atoms with van der Waals surface area (Å²) in [4.78, 5) is 26.0. The lowest BCUT2D eigenvalue weighted by molar-refractivity contribution is -0.116. The minimum absolute atomic E-state index is 0.105. The molecule has 6 nitrogen and oxygen atoms in total. The third-order valence-corrected chi connectivity index (χ3v) is 6.24. The molecule has 0 aromatic heterocycles. The highest BCUT2D eigenvalue weighted by Crippen LogP contribution is 2.26. The van der Waals surface area contributed by atoms with Crippen LogP contribution in [-0.4, -0.2) is 32.4 Å².